The van der Waals surface area contributed by atoms with Crippen molar-refractivity contribution in [1.29, 1.82) is 0 Å². The topological polar surface area (TPSA) is 76.9 Å². The summed E-state index contributed by atoms with van der Waals surface area (Å²) in [5.74, 6) is 0.703. The summed E-state index contributed by atoms with van der Waals surface area (Å²) in [5, 5.41) is 14.2. The minimum absolute atomic E-state index is 0.0386. The Hall–Kier alpha value is -3.23. The fourth-order valence-electron chi connectivity index (χ4n) is 3.49. The number of amides is 1. The molecular formula is C26H26N4O2S2. The molecule has 1 amide bonds. The molecule has 0 spiro atoms. The summed E-state index contributed by atoms with van der Waals surface area (Å²) < 4.78 is 2.12. The highest BCUT2D eigenvalue weighted by molar-refractivity contribution is 8.00. The van der Waals surface area contributed by atoms with Crippen molar-refractivity contribution in [1.82, 2.24) is 14.8 Å². The summed E-state index contributed by atoms with van der Waals surface area (Å²) in [7, 11) is 0. The lowest BCUT2D eigenvalue weighted by Crippen LogP contribution is -2.23. The SMILES string of the molecule is CC(=O)c1cccc(NC(=O)C(C)Sc2nnc(Cc3cccs3)n2CCc2ccccc2)c1. The van der Waals surface area contributed by atoms with E-state index in [4.69, 9.17) is 0 Å². The Labute approximate surface area is 207 Å². The van der Waals surface area contributed by atoms with Crippen LogP contribution in [0, 0.1) is 0 Å². The number of thioether (sulfide) groups is 1. The van der Waals surface area contributed by atoms with Gasteiger partial charge in [-0.1, -0.05) is 60.3 Å². The number of aryl methyl sites for hydroxylation is 1. The molecule has 0 aliphatic heterocycles. The van der Waals surface area contributed by atoms with E-state index in [-0.39, 0.29) is 11.7 Å². The van der Waals surface area contributed by atoms with E-state index < -0.39 is 5.25 Å². The van der Waals surface area contributed by atoms with Gasteiger partial charge in [0.2, 0.25) is 5.91 Å². The number of anilines is 1. The van der Waals surface area contributed by atoms with Gasteiger partial charge in [0.15, 0.2) is 10.9 Å². The molecule has 0 saturated carbocycles. The van der Waals surface area contributed by atoms with Gasteiger partial charge in [0.1, 0.15) is 5.82 Å². The van der Waals surface area contributed by atoms with Crippen LogP contribution in [-0.2, 0) is 24.2 Å². The third-order valence-electron chi connectivity index (χ3n) is 5.36. The zero-order valence-electron chi connectivity index (χ0n) is 19.1. The van der Waals surface area contributed by atoms with Crippen molar-refractivity contribution >= 4 is 40.5 Å². The summed E-state index contributed by atoms with van der Waals surface area (Å²) in [4.78, 5) is 25.7. The van der Waals surface area contributed by atoms with Gasteiger partial charge in [0.05, 0.1) is 5.25 Å². The van der Waals surface area contributed by atoms with Crippen molar-refractivity contribution in [3.63, 3.8) is 0 Å². The smallest absolute Gasteiger partial charge is 0.237 e. The summed E-state index contributed by atoms with van der Waals surface area (Å²) in [6.45, 7) is 4.09. The highest BCUT2D eigenvalue weighted by Crippen LogP contribution is 2.26. The van der Waals surface area contributed by atoms with Crippen LogP contribution in [0.1, 0.15) is 40.5 Å². The molecule has 34 heavy (non-hydrogen) atoms. The molecule has 1 N–H and O–H groups in total. The second kappa shape index (κ2) is 11.3. The molecule has 0 saturated heterocycles. The number of thiophene rings is 1. The second-order valence-corrected chi connectivity index (χ2v) is 10.3. The Morgan fingerprint density at radius 1 is 1.06 bits per heavy atom. The molecule has 0 aliphatic carbocycles. The normalized spacial score (nSPS) is 11.8. The first kappa shape index (κ1) is 23.9. The van der Waals surface area contributed by atoms with E-state index in [1.165, 1.54) is 29.1 Å². The van der Waals surface area contributed by atoms with Crippen LogP contribution in [0.15, 0.2) is 77.3 Å². The number of Topliss-reactive ketones (excluding diaryl/α,β-unsaturated/α-hetero) is 1. The average Bonchev–Trinajstić information content (AvgIpc) is 3.49. The minimum atomic E-state index is -0.393. The van der Waals surface area contributed by atoms with Crippen LogP contribution in [0.25, 0.3) is 0 Å². The first-order valence-electron chi connectivity index (χ1n) is 11.1. The number of carbonyl (C=O) groups excluding carboxylic acids is 2. The fourth-order valence-corrected chi connectivity index (χ4v) is 5.08. The van der Waals surface area contributed by atoms with Crippen LogP contribution in [-0.4, -0.2) is 31.7 Å². The van der Waals surface area contributed by atoms with Crippen LogP contribution < -0.4 is 5.32 Å². The molecule has 6 nitrogen and oxygen atoms in total. The third-order valence-corrected chi connectivity index (χ3v) is 7.32. The van der Waals surface area contributed by atoms with E-state index in [2.05, 4.69) is 43.7 Å². The Bertz CT molecular complexity index is 1250. The summed E-state index contributed by atoms with van der Waals surface area (Å²) in [6, 6.07) is 21.4. The number of hydrogen-bond donors (Lipinski definition) is 1. The molecule has 0 radical (unpaired) electrons. The molecule has 0 fully saturated rings. The van der Waals surface area contributed by atoms with Crippen molar-refractivity contribution in [2.24, 2.45) is 0 Å². The predicted molar refractivity (Wildman–Crippen MR) is 138 cm³/mol. The first-order chi connectivity index (χ1) is 16.5. The number of carbonyl (C=O) groups is 2. The van der Waals surface area contributed by atoms with E-state index in [1.54, 1.807) is 35.6 Å². The van der Waals surface area contributed by atoms with Crippen molar-refractivity contribution in [2.75, 3.05) is 5.32 Å². The van der Waals surface area contributed by atoms with Crippen LogP contribution in [0.3, 0.4) is 0 Å². The van der Waals surface area contributed by atoms with Crippen LogP contribution in [0.4, 0.5) is 5.69 Å². The zero-order valence-corrected chi connectivity index (χ0v) is 20.7. The molecule has 1 atom stereocenters. The molecule has 0 aliphatic rings. The van der Waals surface area contributed by atoms with Crippen LogP contribution >= 0.6 is 23.1 Å². The quantitative estimate of drug-likeness (QED) is 0.235. The molecule has 0 bridgehead atoms. The fraction of sp³-hybridized carbons (Fsp3) is 0.231. The maximum Gasteiger partial charge on any atom is 0.237 e. The number of benzene rings is 2. The van der Waals surface area contributed by atoms with E-state index in [1.807, 2.05) is 31.2 Å². The second-order valence-electron chi connectivity index (χ2n) is 7.93. The standard InChI is InChI=1S/C26H26N4O2S2/c1-18(31)21-10-6-11-22(16-21)27-25(32)19(2)34-26-29-28-24(17-23-12-7-15-33-23)30(26)14-13-20-8-4-3-5-9-20/h3-12,15-16,19H,13-14,17H2,1-2H3,(H,27,32). The van der Waals surface area contributed by atoms with Gasteiger partial charge in [-0.2, -0.15) is 0 Å². The van der Waals surface area contributed by atoms with Gasteiger partial charge in [-0.25, -0.2) is 0 Å². The molecular weight excluding hydrogens is 464 g/mol. The number of nitrogens with zero attached hydrogens (tertiary/aromatic N) is 3. The number of hydrogen-bond acceptors (Lipinski definition) is 6. The average molecular weight is 491 g/mol. The third kappa shape index (κ3) is 6.21. The van der Waals surface area contributed by atoms with Crippen molar-refractivity contribution in [3.8, 4) is 0 Å². The predicted octanol–water partition coefficient (Wildman–Crippen LogP) is 5.50. The number of nitrogens with one attached hydrogen (secondary N) is 1. The molecule has 4 aromatic rings. The van der Waals surface area contributed by atoms with Gasteiger partial charge < -0.3 is 9.88 Å². The van der Waals surface area contributed by atoms with Gasteiger partial charge in [-0.3, -0.25) is 9.59 Å². The lowest BCUT2D eigenvalue weighted by Gasteiger charge is -2.14. The van der Waals surface area contributed by atoms with Crippen molar-refractivity contribution < 1.29 is 9.59 Å². The first-order valence-corrected chi connectivity index (χ1v) is 12.8. The van der Waals surface area contributed by atoms with Gasteiger partial charge in [-0.05, 0) is 49.4 Å². The molecule has 1 unspecified atom stereocenters. The minimum Gasteiger partial charge on any atom is -0.325 e. The van der Waals surface area contributed by atoms with E-state index in [0.717, 1.165) is 23.9 Å². The lowest BCUT2D eigenvalue weighted by atomic mass is 10.1. The maximum absolute atomic E-state index is 12.9. The maximum atomic E-state index is 12.9. The molecule has 174 valence electrons. The van der Waals surface area contributed by atoms with E-state index in [0.29, 0.717) is 17.7 Å². The van der Waals surface area contributed by atoms with Gasteiger partial charge >= 0.3 is 0 Å². The Balaban J connectivity index is 1.49. The monoisotopic (exact) mass is 490 g/mol. The van der Waals surface area contributed by atoms with Gasteiger partial charge in [-0.15, -0.1) is 21.5 Å². The zero-order chi connectivity index (χ0) is 23.9. The Morgan fingerprint density at radius 3 is 2.62 bits per heavy atom. The molecule has 2 aromatic carbocycles. The summed E-state index contributed by atoms with van der Waals surface area (Å²) in [5.41, 5.74) is 2.41. The molecule has 2 heterocycles. The molecule has 2 aromatic heterocycles. The Morgan fingerprint density at radius 2 is 1.88 bits per heavy atom. The number of aromatic nitrogens is 3. The Kier molecular flexibility index (Phi) is 7.92. The van der Waals surface area contributed by atoms with Crippen LogP contribution in [0.5, 0.6) is 0 Å². The highest BCUT2D eigenvalue weighted by Gasteiger charge is 2.21. The van der Waals surface area contributed by atoms with Gasteiger partial charge in [0.25, 0.3) is 0 Å². The van der Waals surface area contributed by atoms with Crippen molar-refractivity contribution in [3.05, 3.63) is 93.9 Å². The lowest BCUT2D eigenvalue weighted by molar-refractivity contribution is -0.115. The van der Waals surface area contributed by atoms with E-state index in [9.17, 15) is 9.59 Å². The van der Waals surface area contributed by atoms with E-state index >= 15 is 0 Å². The largest absolute Gasteiger partial charge is 0.325 e. The summed E-state index contributed by atoms with van der Waals surface area (Å²) in [6.07, 6.45) is 1.56. The van der Waals surface area contributed by atoms with Crippen molar-refractivity contribution in [2.45, 2.75) is 43.6 Å². The number of ketones is 1. The highest BCUT2D eigenvalue weighted by atomic mass is 32.2. The summed E-state index contributed by atoms with van der Waals surface area (Å²) >= 11 is 3.09. The van der Waals surface area contributed by atoms with Crippen LogP contribution in [0.2, 0.25) is 0 Å². The van der Waals surface area contributed by atoms with Gasteiger partial charge in [0, 0.05) is 29.1 Å². The number of rotatable bonds is 10. The molecule has 4 rings (SSSR count). The molecule has 8 heteroatoms.